The summed E-state index contributed by atoms with van der Waals surface area (Å²) in [6.07, 6.45) is 0.899. The summed E-state index contributed by atoms with van der Waals surface area (Å²) in [6.45, 7) is 4.97. The van der Waals surface area contributed by atoms with E-state index in [2.05, 4.69) is 5.32 Å². The molecule has 0 saturated carbocycles. The quantitative estimate of drug-likeness (QED) is 0.708. The molecule has 6 heteroatoms. The maximum Gasteiger partial charge on any atom is 0.335 e. The Morgan fingerprint density at radius 3 is 2.60 bits per heavy atom. The molecule has 0 bridgehead atoms. The van der Waals surface area contributed by atoms with E-state index in [1.807, 2.05) is 19.9 Å². The second-order valence-electron chi connectivity index (χ2n) is 5.63. The molecular formula is C19H22ClNO4. The normalized spacial score (nSPS) is 10.4. The van der Waals surface area contributed by atoms with Crippen LogP contribution in [-0.2, 0) is 6.54 Å². The average molecular weight is 364 g/mol. The predicted octanol–water partition coefficient (Wildman–Crippen LogP) is 4.76. The van der Waals surface area contributed by atoms with E-state index >= 15 is 0 Å². The van der Waals surface area contributed by atoms with Crippen LogP contribution in [0.2, 0.25) is 5.02 Å². The number of hydrogen-bond acceptors (Lipinski definition) is 4. The van der Waals surface area contributed by atoms with Gasteiger partial charge in [-0.15, -0.1) is 0 Å². The summed E-state index contributed by atoms with van der Waals surface area (Å²) in [4.78, 5) is 11.0. The average Bonchev–Trinajstić information content (AvgIpc) is 2.59. The van der Waals surface area contributed by atoms with Crippen LogP contribution >= 0.6 is 11.6 Å². The molecule has 0 radical (unpaired) electrons. The number of carboxylic acid groups (broad SMARTS) is 1. The van der Waals surface area contributed by atoms with Crippen molar-refractivity contribution in [3.05, 3.63) is 52.0 Å². The number of aryl methyl sites for hydroxylation is 1. The van der Waals surface area contributed by atoms with Crippen molar-refractivity contribution in [1.82, 2.24) is 0 Å². The molecule has 0 fully saturated rings. The van der Waals surface area contributed by atoms with Gasteiger partial charge < -0.3 is 19.9 Å². The molecule has 0 aliphatic heterocycles. The molecule has 5 nitrogen and oxygen atoms in total. The molecule has 134 valence electrons. The molecular weight excluding hydrogens is 342 g/mol. The van der Waals surface area contributed by atoms with Crippen LogP contribution in [0.4, 0.5) is 5.69 Å². The van der Waals surface area contributed by atoms with Crippen molar-refractivity contribution in [2.24, 2.45) is 0 Å². The number of carboxylic acids is 1. The lowest BCUT2D eigenvalue weighted by atomic mass is 10.1. The Hall–Kier alpha value is -2.40. The summed E-state index contributed by atoms with van der Waals surface area (Å²) >= 11 is 6.36. The van der Waals surface area contributed by atoms with Gasteiger partial charge in [-0.1, -0.05) is 18.5 Å². The minimum absolute atomic E-state index is 0.264. The van der Waals surface area contributed by atoms with Gasteiger partial charge in [0.1, 0.15) is 0 Å². The first-order chi connectivity index (χ1) is 12.0. The van der Waals surface area contributed by atoms with Crippen LogP contribution in [0.1, 0.15) is 34.8 Å². The van der Waals surface area contributed by atoms with E-state index in [0.29, 0.717) is 29.7 Å². The Balaban J connectivity index is 2.16. The molecule has 0 atom stereocenters. The number of methoxy groups -OCH3 is 1. The van der Waals surface area contributed by atoms with Crippen LogP contribution in [0.3, 0.4) is 0 Å². The Morgan fingerprint density at radius 1 is 1.24 bits per heavy atom. The molecule has 0 amide bonds. The van der Waals surface area contributed by atoms with Gasteiger partial charge in [-0.2, -0.15) is 0 Å². The highest BCUT2D eigenvalue weighted by Crippen LogP contribution is 2.34. The highest BCUT2D eigenvalue weighted by Gasteiger charge is 2.11. The van der Waals surface area contributed by atoms with Gasteiger partial charge in [0.25, 0.3) is 0 Å². The van der Waals surface area contributed by atoms with Crippen molar-refractivity contribution in [2.75, 3.05) is 19.0 Å². The zero-order chi connectivity index (χ0) is 18.4. The second-order valence-corrected chi connectivity index (χ2v) is 6.04. The van der Waals surface area contributed by atoms with Gasteiger partial charge in [0, 0.05) is 23.3 Å². The van der Waals surface area contributed by atoms with Crippen molar-refractivity contribution < 1.29 is 19.4 Å². The highest BCUT2D eigenvalue weighted by molar-refractivity contribution is 6.31. The first-order valence-corrected chi connectivity index (χ1v) is 8.41. The monoisotopic (exact) mass is 363 g/mol. The number of benzene rings is 2. The summed E-state index contributed by atoms with van der Waals surface area (Å²) in [6, 6.07) is 8.56. The van der Waals surface area contributed by atoms with Crippen LogP contribution in [0, 0.1) is 6.92 Å². The van der Waals surface area contributed by atoms with Gasteiger partial charge in [-0.25, -0.2) is 4.79 Å². The Bertz CT molecular complexity index is 761. The molecule has 0 aliphatic carbocycles. The highest BCUT2D eigenvalue weighted by atomic mass is 35.5. The minimum atomic E-state index is -0.940. The fourth-order valence-electron chi connectivity index (χ4n) is 2.38. The van der Waals surface area contributed by atoms with Crippen molar-refractivity contribution >= 4 is 23.3 Å². The number of anilines is 1. The molecule has 2 rings (SSSR count). The lowest BCUT2D eigenvalue weighted by molar-refractivity contribution is 0.0697. The lowest BCUT2D eigenvalue weighted by Gasteiger charge is -2.15. The van der Waals surface area contributed by atoms with E-state index in [0.717, 1.165) is 23.2 Å². The second kappa shape index (κ2) is 8.62. The van der Waals surface area contributed by atoms with E-state index in [1.165, 1.54) is 0 Å². The Kier molecular flexibility index (Phi) is 6.53. The third-order valence-corrected chi connectivity index (χ3v) is 4.09. The molecule has 0 aliphatic rings. The SMILES string of the molecule is CCCOc1cc(Cl)c(CNc2ccc(C(=O)O)cc2C)cc1OC. The molecule has 0 saturated heterocycles. The molecule has 0 unspecified atom stereocenters. The Labute approximate surface area is 152 Å². The zero-order valence-corrected chi connectivity index (χ0v) is 15.3. The van der Waals surface area contributed by atoms with Crippen molar-refractivity contribution in [3.63, 3.8) is 0 Å². The van der Waals surface area contributed by atoms with Crippen molar-refractivity contribution in [2.45, 2.75) is 26.8 Å². The fraction of sp³-hybridized carbons (Fsp3) is 0.316. The van der Waals surface area contributed by atoms with Gasteiger partial charge in [-0.3, -0.25) is 0 Å². The molecule has 0 aromatic heterocycles. The van der Waals surface area contributed by atoms with Gasteiger partial charge in [0.2, 0.25) is 0 Å². The maximum atomic E-state index is 11.0. The smallest absolute Gasteiger partial charge is 0.335 e. The number of hydrogen-bond donors (Lipinski definition) is 2. The number of carbonyl (C=O) groups is 1. The van der Waals surface area contributed by atoms with E-state index < -0.39 is 5.97 Å². The molecule has 2 aromatic carbocycles. The molecule has 0 heterocycles. The summed E-state index contributed by atoms with van der Waals surface area (Å²) in [5.41, 5.74) is 2.83. The summed E-state index contributed by atoms with van der Waals surface area (Å²) in [5.74, 6) is 0.317. The van der Waals surface area contributed by atoms with Crippen LogP contribution in [-0.4, -0.2) is 24.8 Å². The van der Waals surface area contributed by atoms with E-state index in [9.17, 15) is 4.79 Å². The lowest BCUT2D eigenvalue weighted by Crippen LogP contribution is -2.05. The van der Waals surface area contributed by atoms with E-state index in [1.54, 1.807) is 31.4 Å². The molecule has 2 aromatic rings. The number of nitrogens with one attached hydrogen (secondary N) is 1. The van der Waals surface area contributed by atoms with Crippen LogP contribution < -0.4 is 14.8 Å². The summed E-state index contributed by atoms with van der Waals surface area (Å²) in [7, 11) is 1.59. The predicted molar refractivity (Wildman–Crippen MR) is 99.3 cm³/mol. The third-order valence-electron chi connectivity index (χ3n) is 3.74. The fourth-order valence-corrected chi connectivity index (χ4v) is 2.60. The first-order valence-electron chi connectivity index (χ1n) is 8.03. The standard InChI is InChI=1S/C19H22ClNO4/c1-4-7-25-18-10-15(20)14(9-17(18)24-3)11-21-16-6-5-13(19(22)23)8-12(16)2/h5-6,8-10,21H,4,7,11H2,1-3H3,(H,22,23). The van der Waals surface area contributed by atoms with Crippen molar-refractivity contribution in [1.29, 1.82) is 0 Å². The number of ether oxygens (including phenoxy) is 2. The largest absolute Gasteiger partial charge is 0.493 e. The topological polar surface area (TPSA) is 67.8 Å². The number of rotatable bonds is 8. The molecule has 0 spiro atoms. The number of halogens is 1. The maximum absolute atomic E-state index is 11.0. The van der Waals surface area contributed by atoms with Crippen LogP contribution in [0.5, 0.6) is 11.5 Å². The van der Waals surface area contributed by atoms with Gasteiger partial charge >= 0.3 is 5.97 Å². The van der Waals surface area contributed by atoms with Crippen molar-refractivity contribution in [3.8, 4) is 11.5 Å². The molecule has 25 heavy (non-hydrogen) atoms. The zero-order valence-electron chi connectivity index (χ0n) is 14.6. The molecule has 2 N–H and O–H groups in total. The first kappa shape index (κ1) is 18.9. The van der Waals surface area contributed by atoms with Gasteiger partial charge in [0.15, 0.2) is 11.5 Å². The Morgan fingerprint density at radius 2 is 2.00 bits per heavy atom. The van der Waals surface area contributed by atoms with Gasteiger partial charge in [-0.05, 0) is 48.7 Å². The van der Waals surface area contributed by atoms with E-state index in [-0.39, 0.29) is 5.56 Å². The van der Waals surface area contributed by atoms with Crippen LogP contribution in [0.25, 0.3) is 0 Å². The number of aromatic carboxylic acids is 1. The van der Waals surface area contributed by atoms with E-state index in [4.69, 9.17) is 26.2 Å². The summed E-state index contributed by atoms with van der Waals surface area (Å²) < 4.78 is 11.0. The third kappa shape index (κ3) is 4.79. The summed E-state index contributed by atoms with van der Waals surface area (Å²) in [5, 5.41) is 12.9. The minimum Gasteiger partial charge on any atom is -0.493 e. The van der Waals surface area contributed by atoms with Crippen LogP contribution in [0.15, 0.2) is 30.3 Å². The van der Waals surface area contributed by atoms with Gasteiger partial charge in [0.05, 0.1) is 19.3 Å².